The van der Waals surface area contributed by atoms with Gasteiger partial charge >= 0.3 is 5.97 Å². The smallest absolute Gasteiger partial charge is 0.328 e. The average molecular weight is 291 g/mol. The molecule has 0 aromatic heterocycles. The second-order valence-electron chi connectivity index (χ2n) is 4.25. The van der Waals surface area contributed by atoms with Crippen LogP contribution in [0.4, 0.5) is 0 Å². The van der Waals surface area contributed by atoms with Gasteiger partial charge in [0.2, 0.25) is 0 Å². The van der Waals surface area contributed by atoms with Gasteiger partial charge in [0.1, 0.15) is 5.75 Å². The van der Waals surface area contributed by atoms with Gasteiger partial charge in [0, 0.05) is 5.56 Å². The Morgan fingerprint density at radius 1 is 1.20 bits per heavy atom. The summed E-state index contributed by atoms with van der Waals surface area (Å²) in [4.78, 5) is 11.6. The Bertz CT molecular complexity index is 593. The minimum absolute atomic E-state index is 0.216. The van der Waals surface area contributed by atoms with Crippen LogP contribution >= 0.6 is 11.6 Å². The molecule has 1 atom stereocenters. The van der Waals surface area contributed by atoms with Crippen molar-refractivity contribution in [2.75, 3.05) is 6.61 Å². The highest BCUT2D eigenvalue weighted by atomic mass is 35.5. The number of hydrogen-bond donors (Lipinski definition) is 1. The van der Waals surface area contributed by atoms with Crippen molar-refractivity contribution in [3.05, 3.63) is 54.1 Å². The Balaban J connectivity index is 2.23. The molecule has 0 aliphatic carbocycles. The van der Waals surface area contributed by atoms with E-state index >= 15 is 0 Å². The molecule has 0 saturated carbocycles. The Morgan fingerprint density at radius 2 is 1.85 bits per heavy atom. The summed E-state index contributed by atoms with van der Waals surface area (Å²) in [5.74, 6) is -0.238. The van der Waals surface area contributed by atoms with E-state index in [1.807, 2.05) is 24.3 Å². The van der Waals surface area contributed by atoms with Crippen LogP contribution < -0.4 is 0 Å². The maximum atomic E-state index is 11.6. The first-order chi connectivity index (χ1) is 9.63. The molecular formula is C16H15ClO3. The molecule has 0 heterocycles. The standard InChI is InChI=1S/C16H15ClO3/c1-2-20-16(19)15(17)12-9-7-11(8-10-12)13-5-3-4-6-14(13)18/h3-10,15,18H,2H2,1H3. The molecule has 0 aliphatic heterocycles. The van der Waals surface area contributed by atoms with Gasteiger partial charge in [-0.3, -0.25) is 4.79 Å². The fourth-order valence-corrected chi connectivity index (χ4v) is 2.11. The maximum absolute atomic E-state index is 11.6. The van der Waals surface area contributed by atoms with Crippen molar-refractivity contribution in [3.63, 3.8) is 0 Å². The normalized spacial score (nSPS) is 11.9. The number of rotatable bonds is 4. The molecular weight excluding hydrogens is 276 g/mol. The van der Waals surface area contributed by atoms with Gasteiger partial charge < -0.3 is 9.84 Å². The number of alkyl halides is 1. The monoisotopic (exact) mass is 290 g/mol. The molecule has 20 heavy (non-hydrogen) atoms. The first-order valence-corrected chi connectivity index (χ1v) is 6.76. The van der Waals surface area contributed by atoms with Crippen LogP contribution in [0.3, 0.4) is 0 Å². The van der Waals surface area contributed by atoms with Crippen LogP contribution in [-0.4, -0.2) is 17.7 Å². The third-order valence-corrected chi connectivity index (χ3v) is 3.34. The van der Waals surface area contributed by atoms with Crippen LogP contribution in [0.1, 0.15) is 17.9 Å². The van der Waals surface area contributed by atoms with Crippen LogP contribution in [0.25, 0.3) is 11.1 Å². The Hall–Kier alpha value is -2.00. The number of para-hydroxylation sites is 1. The molecule has 0 radical (unpaired) electrons. The zero-order valence-corrected chi connectivity index (χ0v) is 11.8. The molecule has 0 amide bonds. The second kappa shape index (κ2) is 6.44. The highest BCUT2D eigenvalue weighted by Gasteiger charge is 2.18. The number of benzene rings is 2. The summed E-state index contributed by atoms with van der Waals surface area (Å²) < 4.78 is 4.88. The average Bonchev–Trinajstić information content (AvgIpc) is 2.47. The van der Waals surface area contributed by atoms with E-state index in [-0.39, 0.29) is 5.75 Å². The maximum Gasteiger partial charge on any atom is 0.328 e. The lowest BCUT2D eigenvalue weighted by Gasteiger charge is -2.10. The van der Waals surface area contributed by atoms with Crippen molar-refractivity contribution < 1.29 is 14.6 Å². The summed E-state index contributed by atoms with van der Waals surface area (Å²) in [6.45, 7) is 2.04. The van der Waals surface area contributed by atoms with Gasteiger partial charge in [0.25, 0.3) is 0 Å². The van der Waals surface area contributed by atoms with E-state index in [4.69, 9.17) is 16.3 Å². The molecule has 0 aliphatic rings. The molecule has 1 N–H and O–H groups in total. The van der Waals surface area contributed by atoms with Crippen LogP contribution in [-0.2, 0) is 9.53 Å². The van der Waals surface area contributed by atoms with Crippen LogP contribution in [0.5, 0.6) is 5.75 Å². The Labute approximate surface area is 122 Å². The number of ether oxygens (including phenoxy) is 1. The lowest BCUT2D eigenvalue weighted by molar-refractivity contribution is -0.142. The van der Waals surface area contributed by atoms with Gasteiger partial charge in [0.05, 0.1) is 6.61 Å². The summed E-state index contributed by atoms with van der Waals surface area (Å²) in [6.07, 6.45) is 0. The number of phenols is 1. The van der Waals surface area contributed by atoms with E-state index in [2.05, 4.69) is 0 Å². The van der Waals surface area contributed by atoms with Crippen LogP contribution in [0.2, 0.25) is 0 Å². The number of aromatic hydroxyl groups is 1. The zero-order valence-electron chi connectivity index (χ0n) is 11.0. The van der Waals surface area contributed by atoms with Gasteiger partial charge in [-0.15, -0.1) is 11.6 Å². The Morgan fingerprint density at radius 3 is 2.45 bits per heavy atom. The number of halogens is 1. The first kappa shape index (κ1) is 14.4. The van der Waals surface area contributed by atoms with Crippen molar-refractivity contribution in [1.82, 2.24) is 0 Å². The summed E-state index contributed by atoms with van der Waals surface area (Å²) in [7, 11) is 0. The quantitative estimate of drug-likeness (QED) is 0.686. The topological polar surface area (TPSA) is 46.5 Å². The third kappa shape index (κ3) is 3.11. The lowest BCUT2D eigenvalue weighted by atomic mass is 10.0. The van der Waals surface area contributed by atoms with E-state index in [0.29, 0.717) is 12.2 Å². The van der Waals surface area contributed by atoms with E-state index < -0.39 is 11.3 Å². The highest BCUT2D eigenvalue weighted by Crippen LogP contribution is 2.30. The van der Waals surface area contributed by atoms with E-state index in [9.17, 15) is 9.90 Å². The minimum Gasteiger partial charge on any atom is -0.507 e. The molecule has 3 nitrogen and oxygen atoms in total. The van der Waals surface area contributed by atoms with Gasteiger partial charge in [-0.25, -0.2) is 0 Å². The summed E-state index contributed by atoms with van der Waals surface area (Å²) >= 11 is 6.04. The van der Waals surface area contributed by atoms with Crippen molar-refractivity contribution in [3.8, 4) is 16.9 Å². The molecule has 2 aromatic rings. The molecule has 1 unspecified atom stereocenters. The van der Waals surface area contributed by atoms with Crippen molar-refractivity contribution in [2.45, 2.75) is 12.3 Å². The number of hydrogen-bond acceptors (Lipinski definition) is 3. The number of carbonyl (C=O) groups is 1. The van der Waals surface area contributed by atoms with Crippen LogP contribution in [0, 0.1) is 0 Å². The SMILES string of the molecule is CCOC(=O)C(Cl)c1ccc(-c2ccccc2O)cc1. The van der Waals surface area contributed by atoms with Gasteiger partial charge in [-0.2, -0.15) is 0 Å². The predicted molar refractivity (Wildman–Crippen MR) is 78.8 cm³/mol. The predicted octanol–water partition coefficient (Wildman–Crippen LogP) is 3.90. The zero-order chi connectivity index (χ0) is 14.5. The van der Waals surface area contributed by atoms with E-state index in [1.54, 1.807) is 31.2 Å². The fourth-order valence-electron chi connectivity index (χ4n) is 1.90. The summed E-state index contributed by atoms with van der Waals surface area (Å²) in [5, 5.41) is 8.99. The third-order valence-electron chi connectivity index (χ3n) is 2.91. The highest BCUT2D eigenvalue weighted by molar-refractivity contribution is 6.29. The van der Waals surface area contributed by atoms with Gasteiger partial charge in [0.15, 0.2) is 5.38 Å². The van der Waals surface area contributed by atoms with Crippen molar-refractivity contribution in [2.24, 2.45) is 0 Å². The summed E-state index contributed by atoms with van der Waals surface area (Å²) in [6, 6.07) is 14.2. The van der Waals surface area contributed by atoms with E-state index in [1.165, 1.54) is 0 Å². The van der Waals surface area contributed by atoms with Gasteiger partial charge in [-0.1, -0.05) is 42.5 Å². The molecule has 4 heteroatoms. The van der Waals surface area contributed by atoms with Crippen molar-refractivity contribution >= 4 is 17.6 Å². The molecule has 0 saturated heterocycles. The second-order valence-corrected chi connectivity index (χ2v) is 4.69. The molecule has 0 spiro atoms. The molecule has 2 rings (SSSR count). The molecule has 0 bridgehead atoms. The molecule has 104 valence electrons. The van der Waals surface area contributed by atoms with Crippen LogP contribution in [0.15, 0.2) is 48.5 Å². The fraction of sp³-hybridized carbons (Fsp3) is 0.188. The number of carbonyl (C=O) groups excluding carboxylic acids is 1. The Kier molecular flexibility index (Phi) is 4.64. The minimum atomic E-state index is -0.812. The largest absolute Gasteiger partial charge is 0.507 e. The molecule has 2 aromatic carbocycles. The number of esters is 1. The molecule has 0 fully saturated rings. The first-order valence-electron chi connectivity index (χ1n) is 6.32. The van der Waals surface area contributed by atoms with Crippen molar-refractivity contribution in [1.29, 1.82) is 0 Å². The summed E-state index contributed by atoms with van der Waals surface area (Å²) in [5.41, 5.74) is 2.27. The lowest BCUT2D eigenvalue weighted by Crippen LogP contribution is -2.10. The van der Waals surface area contributed by atoms with Gasteiger partial charge in [-0.05, 0) is 24.1 Å². The number of phenolic OH excluding ortho intramolecular Hbond substituents is 1. The van der Waals surface area contributed by atoms with E-state index in [0.717, 1.165) is 11.1 Å².